The van der Waals surface area contributed by atoms with Crippen LogP contribution in [0.25, 0.3) is 0 Å². The number of hydrogen-bond donors (Lipinski definition) is 3. The van der Waals surface area contributed by atoms with Gasteiger partial charge >= 0.3 is 0 Å². The Hall–Kier alpha value is -1.43. The smallest absolute Gasteiger partial charge is 0.167 e. The first-order valence-corrected chi connectivity index (χ1v) is 8.37. The van der Waals surface area contributed by atoms with Crippen molar-refractivity contribution in [3.8, 4) is 0 Å². The van der Waals surface area contributed by atoms with E-state index in [9.17, 15) is 0 Å². The van der Waals surface area contributed by atoms with Crippen molar-refractivity contribution in [1.82, 2.24) is 10.6 Å². The fourth-order valence-corrected chi connectivity index (χ4v) is 3.05. The first-order valence-electron chi connectivity index (χ1n) is 7.08. The van der Waals surface area contributed by atoms with Gasteiger partial charge in [-0.1, -0.05) is 36.4 Å². The molecule has 0 fully saturated rings. The average molecular weight is 321 g/mol. The van der Waals surface area contributed by atoms with Crippen LogP contribution in [0.3, 0.4) is 0 Å². The molecule has 1 atom stereocenters. The van der Waals surface area contributed by atoms with E-state index in [1.165, 1.54) is 15.3 Å². The number of quaternary nitrogens is 1. The molecule has 0 saturated carbocycles. The molecule has 1 aromatic carbocycles. The van der Waals surface area contributed by atoms with Crippen LogP contribution < -0.4 is 15.5 Å². The van der Waals surface area contributed by atoms with Crippen molar-refractivity contribution < 1.29 is 4.90 Å². The number of rotatable bonds is 6. The van der Waals surface area contributed by atoms with Crippen molar-refractivity contribution >= 4 is 28.7 Å². The van der Waals surface area contributed by atoms with Crippen LogP contribution in [0.1, 0.15) is 16.5 Å². The summed E-state index contributed by atoms with van der Waals surface area (Å²) < 4.78 is 0. The molecule has 1 heterocycles. The van der Waals surface area contributed by atoms with E-state index in [1.807, 2.05) is 6.07 Å². The molecule has 112 valence electrons. The third kappa shape index (κ3) is 5.12. The zero-order valence-electron chi connectivity index (χ0n) is 12.4. The highest BCUT2D eigenvalue weighted by atomic mass is 32.1. The third-order valence-electron chi connectivity index (χ3n) is 3.15. The van der Waals surface area contributed by atoms with E-state index in [2.05, 4.69) is 66.5 Å². The van der Waals surface area contributed by atoms with Gasteiger partial charge in [-0.3, -0.25) is 0 Å². The van der Waals surface area contributed by atoms with E-state index < -0.39 is 0 Å². The number of benzene rings is 1. The Morgan fingerprint density at radius 3 is 2.57 bits per heavy atom. The maximum atomic E-state index is 5.43. The van der Waals surface area contributed by atoms with Gasteiger partial charge in [0.05, 0.1) is 33.2 Å². The van der Waals surface area contributed by atoms with Gasteiger partial charge in [0, 0.05) is 4.88 Å². The molecule has 0 aliphatic heterocycles. The normalized spacial score (nSPS) is 12.1. The summed E-state index contributed by atoms with van der Waals surface area (Å²) in [4.78, 5) is 2.67. The van der Waals surface area contributed by atoms with Crippen LogP contribution in [0, 0.1) is 0 Å². The molecule has 0 aliphatic rings. The molecule has 0 spiro atoms. The monoisotopic (exact) mass is 320 g/mol. The van der Waals surface area contributed by atoms with Crippen LogP contribution in [0.4, 0.5) is 0 Å². The lowest BCUT2D eigenvalue weighted by Crippen LogP contribution is -3.06. The predicted molar refractivity (Wildman–Crippen MR) is 94.0 cm³/mol. The number of thiocarbonyl (C=S) groups is 1. The van der Waals surface area contributed by atoms with Crippen molar-refractivity contribution in [1.29, 1.82) is 0 Å². The summed E-state index contributed by atoms with van der Waals surface area (Å²) in [6.07, 6.45) is 0. The van der Waals surface area contributed by atoms with Gasteiger partial charge in [0.2, 0.25) is 0 Å². The van der Waals surface area contributed by atoms with Crippen molar-refractivity contribution in [2.24, 2.45) is 0 Å². The Bertz CT molecular complexity index is 538. The second-order valence-corrected chi connectivity index (χ2v) is 6.60. The first-order chi connectivity index (χ1) is 10.2. The van der Waals surface area contributed by atoms with Crippen molar-refractivity contribution in [2.75, 3.05) is 27.2 Å². The maximum absolute atomic E-state index is 5.43. The minimum atomic E-state index is 0.109. The molecule has 0 aliphatic carbocycles. The molecule has 0 unspecified atom stereocenters. The highest BCUT2D eigenvalue weighted by molar-refractivity contribution is 7.80. The molecule has 0 amide bonds. The van der Waals surface area contributed by atoms with Crippen LogP contribution >= 0.6 is 23.6 Å². The van der Waals surface area contributed by atoms with Gasteiger partial charge in [-0.2, -0.15) is 0 Å². The van der Waals surface area contributed by atoms with Gasteiger partial charge < -0.3 is 15.5 Å². The summed E-state index contributed by atoms with van der Waals surface area (Å²) in [6.45, 7) is 1.91. The van der Waals surface area contributed by atoms with Crippen molar-refractivity contribution in [3.05, 3.63) is 58.3 Å². The number of hydrogen-bond acceptors (Lipinski definition) is 2. The molecule has 0 radical (unpaired) electrons. The second kappa shape index (κ2) is 8.12. The lowest BCUT2D eigenvalue weighted by atomic mass is 10.1. The largest absolute Gasteiger partial charge is 0.357 e. The molecule has 3 N–H and O–H groups in total. The summed E-state index contributed by atoms with van der Waals surface area (Å²) in [7, 11) is 4.27. The van der Waals surface area contributed by atoms with Crippen LogP contribution in [0.15, 0.2) is 47.8 Å². The van der Waals surface area contributed by atoms with Crippen LogP contribution in [0.2, 0.25) is 0 Å². The van der Waals surface area contributed by atoms with Crippen molar-refractivity contribution in [3.63, 3.8) is 0 Å². The molecule has 2 rings (SSSR count). The molecular formula is C16H22N3S2+. The van der Waals surface area contributed by atoms with E-state index in [4.69, 9.17) is 12.2 Å². The van der Waals surface area contributed by atoms with Gasteiger partial charge in [0.1, 0.15) is 0 Å². The lowest BCUT2D eigenvalue weighted by Gasteiger charge is -2.20. The molecule has 0 bridgehead atoms. The molecule has 1 aromatic heterocycles. The highest BCUT2D eigenvalue weighted by Gasteiger charge is 2.15. The van der Waals surface area contributed by atoms with Crippen LogP contribution in [-0.4, -0.2) is 32.3 Å². The number of thiophene rings is 1. The maximum Gasteiger partial charge on any atom is 0.167 e. The van der Waals surface area contributed by atoms with E-state index in [1.54, 1.807) is 11.3 Å². The van der Waals surface area contributed by atoms with Gasteiger partial charge in [-0.05, 0) is 29.2 Å². The lowest BCUT2D eigenvalue weighted by molar-refractivity contribution is -0.856. The molecule has 0 saturated heterocycles. The Kier molecular flexibility index (Phi) is 6.17. The third-order valence-corrected chi connectivity index (χ3v) is 4.35. The van der Waals surface area contributed by atoms with Gasteiger partial charge in [-0.25, -0.2) is 0 Å². The Labute approximate surface area is 136 Å². The zero-order chi connectivity index (χ0) is 15.1. The standard InChI is InChI=1S/C16H21N3S2/c1-19(2)11-10-17-16(20)18-15(14-9-6-12-21-14)13-7-4-3-5-8-13/h3-9,12,15H,10-11H2,1-2H3,(H2,17,18,20)/p+1/t15-/m0/s1. The SMILES string of the molecule is C[NH+](C)CCNC(=S)N[C@@H](c1ccccc1)c1cccs1. The molecule has 21 heavy (non-hydrogen) atoms. The van der Waals surface area contributed by atoms with E-state index in [0.29, 0.717) is 5.11 Å². The minimum Gasteiger partial charge on any atom is -0.357 e. The van der Waals surface area contributed by atoms with E-state index >= 15 is 0 Å². The summed E-state index contributed by atoms with van der Waals surface area (Å²) in [5.41, 5.74) is 1.22. The molecule has 3 nitrogen and oxygen atoms in total. The summed E-state index contributed by atoms with van der Waals surface area (Å²) >= 11 is 7.17. The summed E-state index contributed by atoms with van der Waals surface area (Å²) in [5, 5.41) is 9.51. The summed E-state index contributed by atoms with van der Waals surface area (Å²) in [6, 6.07) is 14.7. The van der Waals surface area contributed by atoms with Crippen LogP contribution in [0.5, 0.6) is 0 Å². The van der Waals surface area contributed by atoms with Gasteiger partial charge in [0.15, 0.2) is 5.11 Å². The molecule has 2 aromatic rings. The van der Waals surface area contributed by atoms with E-state index in [-0.39, 0.29) is 6.04 Å². The van der Waals surface area contributed by atoms with Crippen molar-refractivity contribution in [2.45, 2.75) is 6.04 Å². The average Bonchev–Trinajstić information content (AvgIpc) is 2.99. The Balaban J connectivity index is 2.02. The Morgan fingerprint density at radius 1 is 1.19 bits per heavy atom. The van der Waals surface area contributed by atoms with E-state index in [0.717, 1.165) is 13.1 Å². The highest BCUT2D eigenvalue weighted by Crippen LogP contribution is 2.25. The topological polar surface area (TPSA) is 28.5 Å². The number of likely N-dealkylation sites (N-methyl/N-ethyl adjacent to an activating group) is 1. The molecule has 5 heteroatoms. The van der Waals surface area contributed by atoms with Crippen LogP contribution in [-0.2, 0) is 0 Å². The quantitative estimate of drug-likeness (QED) is 0.704. The number of nitrogens with one attached hydrogen (secondary N) is 3. The Morgan fingerprint density at radius 2 is 1.95 bits per heavy atom. The zero-order valence-corrected chi connectivity index (χ0v) is 14.1. The fourth-order valence-electron chi connectivity index (χ4n) is 2.03. The van der Waals surface area contributed by atoms with Gasteiger partial charge in [-0.15, -0.1) is 11.3 Å². The summed E-state index contributed by atoms with van der Waals surface area (Å²) in [5.74, 6) is 0. The predicted octanol–water partition coefficient (Wildman–Crippen LogP) is 1.45. The minimum absolute atomic E-state index is 0.109. The van der Waals surface area contributed by atoms with Gasteiger partial charge in [0.25, 0.3) is 0 Å². The first kappa shape index (κ1) is 15.9. The molecular weight excluding hydrogens is 298 g/mol. The second-order valence-electron chi connectivity index (χ2n) is 5.22. The fraction of sp³-hybridized carbons (Fsp3) is 0.312.